The highest BCUT2D eigenvalue weighted by atomic mass is 79.9. The van der Waals surface area contributed by atoms with Crippen molar-refractivity contribution in [2.45, 2.75) is 6.92 Å². The van der Waals surface area contributed by atoms with Gasteiger partial charge in [-0.05, 0) is 24.6 Å². The molecule has 1 rings (SSSR count). The lowest BCUT2D eigenvalue weighted by atomic mass is 10.2. The van der Waals surface area contributed by atoms with E-state index in [4.69, 9.17) is 5.11 Å². The predicted molar refractivity (Wildman–Crippen MR) is 39.4 cm³/mol. The Bertz CT molecular complexity index is 220. The van der Waals surface area contributed by atoms with Crippen molar-refractivity contribution < 1.29 is 5.11 Å². The van der Waals surface area contributed by atoms with Gasteiger partial charge in [-0.2, -0.15) is 0 Å². The molecule has 0 saturated carbocycles. The lowest BCUT2D eigenvalue weighted by molar-refractivity contribution is 0.473. The topological polar surface area (TPSA) is 20.2 Å². The molecule has 1 N–H and O–H groups in total. The lowest BCUT2D eigenvalue weighted by Crippen LogP contribution is -1.72. The molecule has 0 heterocycles. The minimum atomic E-state index is 0.174. The van der Waals surface area contributed by atoms with Gasteiger partial charge in [-0.1, -0.05) is 15.9 Å². The second-order valence-corrected chi connectivity index (χ2v) is 2.70. The molecule has 0 unspecified atom stereocenters. The van der Waals surface area contributed by atoms with E-state index in [9.17, 15) is 0 Å². The summed E-state index contributed by atoms with van der Waals surface area (Å²) in [5.74, 6) is 0.174. The molecule has 0 aliphatic heterocycles. The van der Waals surface area contributed by atoms with Crippen LogP contribution in [-0.4, -0.2) is 5.11 Å². The monoisotopic (exact) mass is 185 g/mol. The molecule has 0 atom stereocenters. The summed E-state index contributed by atoms with van der Waals surface area (Å²) in [7, 11) is 0. The predicted octanol–water partition coefficient (Wildman–Crippen LogP) is 2.26. The molecule has 2 heteroatoms. The summed E-state index contributed by atoms with van der Waals surface area (Å²) in [6, 6.07) is 6.02. The van der Waals surface area contributed by atoms with Gasteiger partial charge < -0.3 is 5.11 Å². The number of benzene rings is 1. The maximum absolute atomic E-state index is 8.85. The molecule has 1 aromatic rings. The van der Waals surface area contributed by atoms with E-state index in [2.05, 4.69) is 22.0 Å². The Hall–Kier alpha value is -0.500. The molecule has 47 valence electrons. The van der Waals surface area contributed by atoms with Crippen LogP contribution in [0.25, 0.3) is 0 Å². The van der Waals surface area contributed by atoms with Crippen LogP contribution in [-0.2, 0) is 0 Å². The van der Waals surface area contributed by atoms with Crippen LogP contribution >= 0.6 is 15.9 Å². The highest BCUT2D eigenvalue weighted by molar-refractivity contribution is 9.10. The molecule has 0 fully saturated rings. The Morgan fingerprint density at radius 1 is 1.67 bits per heavy atom. The van der Waals surface area contributed by atoms with Gasteiger partial charge in [0, 0.05) is 10.5 Å². The maximum atomic E-state index is 8.85. The molecular weight excluding hydrogens is 180 g/mol. The Morgan fingerprint density at radius 3 is 2.78 bits per heavy atom. The van der Waals surface area contributed by atoms with Crippen molar-refractivity contribution in [2.24, 2.45) is 0 Å². The molecule has 0 aliphatic carbocycles. The van der Waals surface area contributed by atoms with Crippen molar-refractivity contribution >= 4 is 15.9 Å². The normalized spacial score (nSPS) is 9.56. The summed E-state index contributed by atoms with van der Waals surface area (Å²) >= 11 is 3.27. The van der Waals surface area contributed by atoms with Crippen molar-refractivity contribution in [3.8, 4) is 5.75 Å². The van der Waals surface area contributed by atoms with Gasteiger partial charge >= 0.3 is 0 Å². The van der Waals surface area contributed by atoms with Gasteiger partial charge in [0.2, 0.25) is 0 Å². The summed E-state index contributed by atoms with van der Waals surface area (Å²) in [5, 5.41) is 8.85. The molecule has 0 saturated heterocycles. The van der Waals surface area contributed by atoms with Crippen molar-refractivity contribution in [2.75, 3.05) is 0 Å². The lowest BCUT2D eigenvalue weighted by Gasteiger charge is -1.95. The van der Waals surface area contributed by atoms with E-state index in [-0.39, 0.29) is 5.75 Å². The van der Waals surface area contributed by atoms with Crippen LogP contribution in [0, 0.1) is 13.0 Å². The Kier molecular flexibility index (Phi) is 1.76. The van der Waals surface area contributed by atoms with Crippen LogP contribution in [0.1, 0.15) is 5.56 Å². The van der Waals surface area contributed by atoms with Crippen LogP contribution in [0.15, 0.2) is 16.6 Å². The minimum Gasteiger partial charge on any atom is -0.507 e. The summed E-state index contributed by atoms with van der Waals surface area (Å²) in [4.78, 5) is 0. The van der Waals surface area contributed by atoms with Crippen molar-refractivity contribution in [3.63, 3.8) is 0 Å². The van der Waals surface area contributed by atoms with Crippen LogP contribution in [0.5, 0.6) is 5.75 Å². The third-order valence-corrected chi connectivity index (χ3v) is 1.93. The molecular formula is C7H6BrO. The van der Waals surface area contributed by atoms with Gasteiger partial charge in [0.25, 0.3) is 0 Å². The third-order valence-electron chi connectivity index (χ3n) is 1.08. The molecule has 1 nitrogen and oxygen atoms in total. The van der Waals surface area contributed by atoms with Gasteiger partial charge in [-0.15, -0.1) is 0 Å². The molecule has 1 aromatic carbocycles. The molecule has 9 heavy (non-hydrogen) atoms. The van der Waals surface area contributed by atoms with E-state index in [0.29, 0.717) is 0 Å². The van der Waals surface area contributed by atoms with Crippen LogP contribution < -0.4 is 0 Å². The van der Waals surface area contributed by atoms with Crippen LogP contribution in [0.4, 0.5) is 0 Å². The third kappa shape index (κ3) is 1.45. The fraction of sp³-hybridized carbons (Fsp3) is 0.143. The summed E-state index contributed by atoms with van der Waals surface area (Å²) in [6.45, 7) is 1.94. The first kappa shape index (κ1) is 6.62. The Labute approximate surface area is 62.5 Å². The first-order valence-corrected chi connectivity index (χ1v) is 3.36. The summed E-state index contributed by atoms with van der Waals surface area (Å²) in [5.41, 5.74) is 1.08. The zero-order valence-electron chi connectivity index (χ0n) is 4.98. The number of phenols is 1. The molecule has 0 spiro atoms. The van der Waals surface area contributed by atoms with E-state index in [1.54, 1.807) is 12.1 Å². The average molecular weight is 186 g/mol. The quantitative estimate of drug-likeness (QED) is 0.658. The first-order chi connectivity index (χ1) is 4.20. The largest absolute Gasteiger partial charge is 0.507 e. The number of hydrogen-bond donors (Lipinski definition) is 1. The highest BCUT2D eigenvalue weighted by Crippen LogP contribution is 2.19. The van der Waals surface area contributed by atoms with Gasteiger partial charge in [-0.3, -0.25) is 0 Å². The number of rotatable bonds is 0. The van der Waals surface area contributed by atoms with Crippen molar-refractivity contribution in [1.82, 2.24) is 0 Å². The van der Waals surface area contributed by atoms with E-state index < -0.39 is 0 Å². The standard InChI is InChI=1S/C7H6BrO/c1-5-2-3-6(9)4-7(5)8/h2,4,9H,1H3. The fourth-order valence-corrected chi connectivity index (χ4v) is 0.858. The Balaban J connectivity index is 3.17. The maximum Gasteiger partial charge on any atom is 0.124 e. The number of halogens is 1. The van der Waals surface area contributed by atoms with E-state index in [0.717, 1.165) is 10.0 Å². The zero-order chi connectivity index (χ0) is 6.85. The van der Waals surface area contributed by atoms with E-state index in [1.165, 1.54) is 0 Å². The number of phenolic OH excluding ortho intramolecular Hbond substituents is 1. The van der Waals surface area contributed by atoms with Crippen LogP contribution in [0.2, 0.25) is 0 Å². The zero-order valence-corrected chi connectivity index (χ0v) is 6.57. The van der Waals surface area contributed by atoms with Gasteiger partial charge in [-0.25, -0.2) is 0 Å². The molecule has 0 bridgehead atoms. The number of hydrogen-bond acceptors (Lipinski definition) is 1. The average Bonchev–Trinajstić information content (AvgIpc) is 1.80. The van der Waals surface area contributed by atoms with Crippen molar-refractivity contribution in [3.05, 3.63) is 28.2 Å². The summed E-state index contributed by atoms with van der Waals surface area (Å²) in [6.07, 6.45) is 0. The number of aryl methyl sites for hydroxylation is 1. The van der Waals surface area contributed by atoms with E-state index in [1.807, 2.05) is 6.92 Å². The van der Waals surface area contributed by atoms with E-state index >= 15 is 0 Å². The molecule has 1 radical (unpaired) electrons. The second-order valence-electron chi connectivity index (χ2n) is 1.85. The minimum absolute atomic E-state index is 0.174. The second kappa shape index (κ2) is 2.40. The molecule has 0 aliphatic rings. The van der Waals surface area contributed by atoms with Gasteiger partial charge in [0.1, 0.15) is 5.75 Å². The van der Waals surface area contributed by atoms with Crippen molar-refractivity contribution in [1.29, 1.82) is 0 Å². The molecule has 0 aromatic heterocycles. The van der Waals surface area contributed by atoms with Crippen LogP contribution in [0.3, 0.4) is 0 Å². The molecule has 0 amide bonds. The number of aromatic hydroxyl groups is 1. The SMILES string of the molecule is Cc1c[c]c(O)cc1Br. The first-order valence-electron chi connectivity index (χ1n) is 2.57. The highest BCUT2D eigenvalue weighted by Gasteiger charge is 1.93. The van der Waals surface area contributed by atoms with Gasteiger partial charge in [0.05, 0.1) is 0 Å². The smallest absolute Gasteiger partial charge is 0.124 e. The fourth-order valence-electron chi connectivity index (χ4n) is 0.527. The van der Waals surface area contributed by atoms with Gasteiger partial charge in [0.15, 0.2) is 0 Å². The Morgan fingerprint density at radius 2 is 2.33 bits per heavy atom. The summed E-state index contributed by atoms with van der Waals surface area (Å²) < 4.78 is 0.916.